The van der Waals surface area contributed by atoms with Crippen molar-refractivity contribution in [3.8, 4) is 0 Å². The van der Waals surface area contributed by atoms with E-state index in [4.69, 9.17) is 35.4 Å². The smallest absolute Gasteiger partial charge is 0.291 e. The predicted octanol–water partition coefficient (Wildman–Crippen LogP) is -0.883. The molecule has 0 aliphatic rings. The molecule has 0 fully saturated rings. The molecule has 0 aromatic heterocycles. The van der Waals surface area contributed by atoms with Crippen molar-refractivity contribution in [1.82, 2.24) is 0 Å². The van der Waals surface area contributed by atoms with Gasteiger partial charge in [-0.3, -0.25) is 0 Å². The summed E-state index contributed by atoms with van der Waals surface area (Å²) in [4.78, 5) is 24.7. The fourth-order valence-corrected chi connectivity index (χ4v) is 0. The average molecular weight is 215 g/mol. The number of nitrogens with zero attached hydrogens (tertiary/aromatic N) is 2. The van der Waals surface area contributed by atoms with Crippen molar-refractivity contribution in [3.63, 3.8) is 0 Å². The van der Waals surface area contributed by atoms with E-state index in [1.807, 2.05) is 6.79 Å². The maximum absolute atomic E-state index is 8.36. The second kappa shape index (κ2) is 23.5. The van der Waals surface area contributed by atoms with Crippen LogP contribution in [-0.4, -0.2) is 27.4 Å². The van der Waals surface area contributed by atoms with E-state index in [9.17, 15) is 0 Å². The van der Waals surface area contributed by atoms with Gasteiger partial charge in [-0.2, -0.15) is 0 Å². The van der Waals surface area contributed by atoms with E-state index in [2.05, 4.69) is 0 Å². The second-order valence-electron chi connectivity index (χ2n) is 0.476. The van der Waals surface area contributed by atoms with Gasteiger partial charge in [-0.15, -0.1) is 20.2 Å². The van der Waals surface area contributed by atoms with Gasteiger partial charge in [0.1, 0.15) is 6.79 Å². The van der Waals surface area contributed by atoms with E-state index in [1.54, 1.807) is 0 Å². The summed E-state index contributed by atoms with van der Waals surface area (Å²) in [5.74, 6) is 0. The minimum absolute atomic E-state index is 0. The van der Waals surface area contributed by atoms with Crippen molar-refractivity contribution in [2.45, 2.75) is 0 Å². The standard InChI is InChI=1S/CH2O.Co.2HNO3/c1-2;;2*2-1(3)4/h1H2;;2*(H,2,3,4). The third-order valence-corrected chi connectivity index (χ3v) is 0. The fraction of sp³-hybridized carbons (Fsp3) is 0. The molecule has 0 atom stereocenters. The Morgan fingerprint density at radius 3 is 1.00 bits per heavy atom. The molecule has 0 saturated heterocycles. The molecular formula is CH4CoN2O7. The maximum atomic E-state index is 8.36. The maximum Gasteiger partial charge on any atom is 0.291 e. The van der Waals surface area contributed by atoms with Crippen molar-refractivity contribution in [2.24, 2.45) is 0 Å². The molecule has 0 aliphatic carbocycles. The Bertz CT molecular complexity index is 84.6. The summed E-state index contributed by atoms with van der Waals surface area (Å²) in [6.07, 6.45) is 0. The largest absolute Gasteiger partial charge is 0.328 e. The second-order valence-corrected chi connectivity index (χ2v) is 0.476. The van der Waals surface area contributed by atoms with E-state index in [0.717, 1.165) is 0 Å². The molecule has 0 rings (SSSR count). The van der Waals surface area contributed by atoms with Crippen molar-refractivity contribution in [2.75, 3.05) is 0 Å². The van der Waals surface area contributed by atoms with Gasteiger partial charge in [0.15, 0.2) is 0 Å². The number of hydrogen-bond acceptors (Lipinski definition) is 5. The molecule has 0 aromatic rings. The Morgan fingerprint density at radius 1 is 1.00 bits per heavy atom. The predicted molar refractivity (Wildman–Crippen MR) is 24.7 cm³/mol. The summed E-state index contributed by atoms with van der Waals surface area (Å²) in [5, 5.41) is 27.3. The van der Waals surface area contributed by atoms with Crippen molar-refractivity contribution in [3.05, 3.63) is 20.2 Å². The van der Waals surface area contributed by atoms with Crippen LogP contribution in [0.2, 0.25) is 0 Å². The van der Waals surface area contributed by atoms with Crippen molar-refractivity contribution < 1.29 is 42.2 Å². The first-order chi connectivity index (χ1) is 4.46. The molecule has 0 unspecified atom stereocenters. The van der Waals surface area contributed by atoms with Gasteiger partial charge in [-0.05, 0) is 0 Å². The third-order valence-electron chi connectivity index (χ3n) is 0. The van der Waals surface area contributed by atoms with E-state index in [0.29, 0.717) is 0 Å². The number of rotatable bonds is 0. The van der Waals surface area contributed by atoms with E-state index < -0.39 is 10.2 Å². The van der Waals surface area contributed by atoms with E-state index in [-0.39, 0.29) is 16.8 Å². The molecule has 0 heterocycles. The summed E-state index contributed by atoms with van der Waals surface area (Å²) in [5.41, 5.74) is 0. The molecule has 0 aliphatic heterocycles. The van der Waals surface area contributed by atoms with Crippen LogP contribution >= 0.6 is 0 Å². The Morgan fingerprint density at radius 2 is 1.00 bits per heavy atom. The van der Waals surface area contributed by atoms with Crippen LogP contribution in [0.15, 0.2) is 0 Å². The monoisotopic (exact) mass is 215 g/mol. The summed E-state index contributed by atoms with van der Waals surface area (Å²) < 4.78 is 0. The SMILES string of the molecule is C=O.O=[N+]([O-])O.O=[N+]([O-])O.[Co]. The molecule has 0 amide bonds. The fourth-order valence-electron chi connectivity index (χ4n) is 0. The molecule has 9 nitrogen and oxygen atoms in total. The van der Waals surface area contributed by atoms with E-state index in [1.165, 1.54) is 0 Å². The molecule has 0 spiro atoms. The van der Waals surface area contributed by atoms with Crippen LogP contribution in [0, 0.1) is 20.2 Å². The van der Waals surface area contributed by atoms with Crippen molar-refractivity contribution >= 4 is 6.79 Å². The minimum Gasteiger partial charge on any atom is -0.328 e. The van der Waals surface area contributed by atoms with Crippen LogP contribution in [0.1, 0.15) is 0 Å². The summed E-state index contributed by atoms with van der Waals surface area (Å²) in [7, 11) is 0. The first-order valence-corrected chi connectivity index (χ1v) is 1.42. The van der Waals surface area contributed by atoms with Gasteiger partial charge in [0, 0.05) is 16.8 Å². The minimum atomic E-state index is -1.50. The van der Waals surface area contributed by atoms with Crippen LogP contribution in [0.25, 0.3) is 0 Å². The molecule has 11 heavy (non-hydrogen) atoms. The van der Waals surface area contributed by atoms with Crippen LogP contribution in [0.3, 0.4) is 0 Å². The van der Waals surface area contributed by atoms with Gasteiger partial charge in [0.05, 0.1) is 0 Å². The molecule has 0 aromatic carbocycles. The van der Waals surface area contributed by atoms with Gasteiger partial charge in [-0.25, -0.2) is 0 Å². The Kier molecular flexibility index (Phi) is 48.4. The van der Waals surface area contributed by atoms with Crippen LogP contribution < -0.4 is 0 Å². The number of carbonyl (C=O) groups excluding carboxylic acids is 1. The molecule has 10 heteroatoms. The quantitative estimate of drug-likeness (QED) is 0.394. The van der Waals surface area contributed by atoms with Gasteiger partial charge in [0.25, 0.3) is 10.2 Å². The normalized spacial score (nSPS) is 4.73. The van der Waals surface area contributed by atoms with Gasteiger partial charge < -0.3 is 15.2 Å². The average Bonchev–Trinajstić information content (AvgIpc) is 1.66. The molecule has 69 valence electrons. The zero-order valence-corrected chi connectivity index (χ0v) is 5.91. The van der Waals surface area contributed by atoms with Crippen LogP contribution in [0.4, 0.5) is 0 Å². The Labute approximate surface area is 70.0 Å². The van der Waals surface area contributed by atoms with Crippen LogP contribution in [0.5, 0.6) is 0 Å². The topological polar surface area (TPSA) is 144 Å². The van der Waals surface area contributed by atoms with E-state index >= 15 is 0 Å². The number of hydrogen-bond donors (Lipinski definition) is 2. The summed E-state index contributed by atoms with van der Waals surface area (Å²) >= 11 is 0. The molecule has 1 radical (unpaired) electrons. The Hall–Kier alpha value is -1.42. The van der Waals surface area contributed by atoms with Gasteiger partial charge >= 0.3 is 0 Å². The third kappa shape index (κ3) is 183. The molecule has 0 bridgehead atoms. The Balaban J connectivity index is -0.0000000339. The van der Waals surface area contributed by atoms with Crippen LogP contribution in [-0.2, 0) is 21.6 Å². The van der Waals surface area contributed by atoms with Crippen molar-refractivity contribution in [1.29, 1.82) is 0 Å². The summed E-state index contributed by atoms with van der Waals surface area (Å²) in [6, 6.07) is 0. The molecular weight excluding hydrogens is 211 g/mol. The number of carbonyl (C=O) groups is 1. The first kappa shape index (κ1) is 22.7. The zero-order valence-electron chi connectivity index (χ0n) is 4.87. The zero-order chi connectivity index (χ0) is 9.15. The van der Waals surface area contributed by atoms with Gasteiger partial charge in [-0.1, -0.05) is 0 Å². The first-order valence-electron chi connectivity index (χ1n) is 1.42. The molecule has 2 N–H and O–H groups in total. The van der Waals surface area contributed by atoms with Gasteiger partial charge in [0.2, 0.25) is 0 Å². The molecule has 0 saturated carbocycles. The summed E-state index contributed by atoms with van der Waals surface area (Å²) in [6.45, 7) is 2.00.